The second kappa shape index (κ2) is 7.49. The van der Waals surface area contributed by atoms with E-state index in [-0.39, 0.29) is 5.91 Å². The van der Waals surface area contributed by atoms with Crippen molar-refractivity contribution in [3.8, 4) is 0 Å². The van der Waals surface area contributed by atoms with E-state index in [1.54, 1.807) is 23.7 Å². The highest BCUT2D eigenvalue weighted by Gasteiger charge is 2.10. The number of thiophene rings is 1. The zero-order chi connectivity index (χ0) is 17.8. The summed E-state index contributed by atoms with van der Waals surface area (Å²) in [6.07, 6.45) is 4.22. The fourth-order valence-electron chi connectivity index (χ4n) is 2.82. The maximum Gasteiger partial charge on any atom is 0.252 e. The van der Waals surface area contributed by atoms with Crippen LogP contribution in [0.2, 0.25) is 0 Å². The maximum atomic E-state index is 12.3. The van der Waals surface area contributed by atoms with Crippen LogP contribution < -0.4 is 5.32 Å². The molecule has 4 rings (SSSR count). The number of pyridine rings is 1. The van der Waals surface area contributed by atoms with Gasteiger partial charge in [0.25, 0.3) is 5.91 Å². The number of aromatic nitrogens is 3. The lowest BCUT2D eigenvalue weighted by atomic mass is 10.2. The second-order valence-corrected chi connectivity index (χ2v) is 7.04. The van der Waals surface area contributed by atoms with Gasteiger partial charge in [0.05, 0.1) is 18.3 Å². The summed E-state index contributed by atoms with van der Waals surface area (Å²) < 4.78 is 1.85. The van der Waals surface area contributed by atoms with Crippen molar-refractivity contribution in [2.24, 2.45) is 0 Å². The minimum absolute atomic E-state index is 0.105. The number of benzene rings is 1. The Kier molecular flexibility index (Phi) is 4.75. The van der Waals surface area contributed by atoms with E-state index in [0.717, 1.165) is 23.0 Å². The Hall–Kier alpha value is -2.99. The normalized spacial score (nSPS) is 10.9. The molecule has 0 atom stereocenters. The van der Waals surface area contributed by atoms with E-state index in [9.17, 15) is 4.79 Å². The third-order valence-corrected chi connectivity index (χ3v) is 5.09. The predicted molar refractivity (Wildman–Crippen MR) is 103 cm³/mol. The Morgan fingerprint density at radius 2 is 2.00 bits per heavy atom. The topological polar surface area (TPSA) is 59.8 Å². The molecule has 0 spiro atoms. The molecule has 0 aliphatic carbocycles. The molecule has 0 bridgehead atoms. The van der Waals surface area contributed by atoms with Gasteiger partial charge in [-0.05, 0) is 29.5 Å². The van der Waals surface area contributed by atoms with Gasteiger partial charge < -0.3 is 5.32 Å². The molecule has 0 saturated heterocycles. The van der Waals surface area contributed by atoms with Crippen LogP contribution in [0.5, 0.6) is 0 Å². The van der Waals surface area contributed by atoms with Crippen LogP contribution in [-0.4, -0.2) is 27.2 Å². The molecule has 3 heterocycles. The number of fused-ring (bicyclic) bond motifs is 1. The highest BCUT2D eigenvalue weighted by atomic mass is 32.1. The van der Waals surface area contributed by atoms with Crippen LogP contribution in [0.25, 0.3) is 11.0 Å². The fraction of sp³-hybridized carbons (Fsp3) is 0.150. The monoisotopic (exact) mass is 362 g/mol. The molecule has 130 valence electrons. The van der Waals surface area contributed by atoms with Gasteiger partial charge in [-0.1, -0.05) is 36.4 Å². The number of nitrogens with one attached hydrogen (secondary N) is 1. The summed E-state index contributed by atoms with van der Waals surface area (Å²) in [5.74, 6) is -0.105. The molecular weight excluding hydrogens is 344 g/mol. The van der Waals surface area contributed by atoms with Crippen molar-refractivity contribution in [2.75, 3.05) is 6.54 Å². The molecule has 0 unspecified atom stereocenters. The van der Waals surface area contributed by atoms with Crippen LogP contribution in [-0.2, 0) is 13.0 Å². The largest absolute Gasteiger partial charge is 0.352 e. The summed E-state index contributed by atoms with van der Waals surface area (Å²) >= 11 is 1.70. The molecule has 0 aliphatic heterocycles. The van der Waals surface area contributed by atoms with Gasteiger partial charge in [-0.15, -0.1) is 11.3 Å². The Balaban J connectivity index is 1.45. The average molecular weight is 362 g/mol. The van der Waals surface area contributed by atoms with Crippen LogP contribution >= 0.6 is 11.3 Å². The lowest BCUT2D eigenvalue weighted by molar-refractivity contribution is 0.0954. The molecule has 1 N–H and O–H groups in total. The summed E-state index contributed by atoms with van der Waals surface area (Å²) in [5, 5.41) is 10.3. The van der Waals surface area contributed by atoms with E-state index in [4.69, 9.17) is 0 Å². The van der Waals surface area contributed by atoms with E-state index in [0.29, 0.717) is 18.7 Å². The van der Waals surface area contributed by atoms with Gasteiger partial charge in [0.2, 0.25) is 0 Å². The van der Waals surface area contributed by atoms with Crippen LogP contribution in [0.4, 0.5) is 0 Å². The Labute approximate surface area is 155 Å². The van der Waals surface area contributed by atoms with E-state index in [1.165, 1.54) is 4.88 Å². The van der Waals surface area contributed by atoms with E-state index >= 15 is 0 Å². The van der Waals surface area contributed by atoms with E-state index in [2.05, 4.69) is 33.6 Å². The molecule has 26 heavy (non-hydrogen) atoms. The quantitative estimate of drug-likeness (QED) is 0.571. The first-order valence-corrected chi connectivity index (χ1v) is 9.33. The van der Waals surface area contributed by atoms with Gasteiger partial charge in [0.1, 0.15) is 0 Å². The van der Waals surface area contributed by atoms with Crippen molar-refractivity contribution in [1.29, 1.82) is 0 Å². The summed E-state index contributed by atoms with van der Waals surface area (Å²) in [6, 6.07) is 16.1. The molecule has 1 amide bonds. The van der Waals surface area contributed by atoms with Crippen LogP contribution in [0, 0.1) is 0 Å². The summed E-state index contributed by atoms with van der Waals surface area (Å²) in [7, 11) is 0. The molecular formula is C20H18N4OS. The molecule has 0 aliphatic rings. The summed E-state index contributed by atoms with van der Waals surface area (Å²) in [6.45, 7) is 1.27. The Bertz CT molecular complexity index is 1010. The highest BCUT2D eigenvalue weighted by Crippen LogP contribution is 2.15. The minimum atomic E-state index is -0.105. The maximum absolute atomic E-state index is 12.3. The minimum Gasteiger partial charge on any atom is -0.352 e. The van der Waals surface area contributed by atoms with Crippen molar-refractivity contribution in [2.45, 2.75) is 13.0 Å². The van der Waals surface area contributed by atoms with Gasteiger partial charge in [-0.2, -0.15) is 5.10 Å². The van der Waals surface area contributed by atoms with E-state index < -0.39 is 0 Å². The second-order valence-electron chi connectivity index (χ2n) is 6.01. The first-order valence-electron chi connectivity index (χ1n) is 8.46. The highest BCUT2D eigenvalue weighted by molar-refractivity contribution is 7.09. The molecule has 3 aromatic heterocycles. The third kappa shape index (κ3) is 3.65. The summed E-state index contributed by atoms with van der Waals surface area (Å²) in [4.78, 5) is 18.1. The number of nitrogens with zero attached hydrogens (tertiary/aromatic N) is 3. The number of hydrogen-bond donors (Lipinski definition) is 1. The van der Waals surface area contributed by atoms with Crippen molar-refractivity contribution in [1.82, 2.24) is 20.1 Å². The Morgan fingerprint density at radius 3 is 2.81 bits per heavy atom. The average Bonchev–Trinajstić information content (AvgIpc) is 3.32. The van der Waals surface area contributed by atoms with Crippen molar-refractivity contribution >= 4 is 28.3 Å². The zero-order valence-corrected chi connectivity index (χ0v) is 14.9. The first-order chi connectivity index (χ1) is 12.8. The molecule has 4 aromatic rings. The molecule has 0 fully saturated rings. The fourth-order valence-corrected chi connectivity index (χ4v) is 3.53. The smallest absolute Gasteiger partial charge is 0.252 e. The van der Waals surface area contributed by atoms with Crippen LogP contribution in [0.1, 0.15) is 20.8 Å². The number of amides is 1. The predicted octanol–water partition coefficient (Wildman–Crippen LogP) is 3.51. The summed E-state index contributed by atoms with van der Waals surface area (Å²) in [5.41, 5.74) is 2.50. The van der Waals surface area contributed by atoms with E-state index in [1.807, 2.05) is 40.4 Å². The standard InChI is InChI=1S/C20H18N4OS/c25-20(21-9-8-18-7-4-10-26-18)17-11-16-13-23-24(19(16)22-12-17)14-15-5-2-1-3-6-15/h1-7,10-13H,8-9,14H2,(H,21,25). The van der Waals surface area contributed by atoms with Gasteiger partial charge in [-0.25, -0.2) is 9.67 Å². The first kappa shape index (κ1) is 16.5. The van der Waals surface area contributed by atoms with Gasteiger partial charge >= 0.3 is 0 Å². The number of carbonyl (C=O) groups is 1. The van der Waals surface area contributed by atoms with Crippen LogP contribution in [0.3, 0.4) is 0 Å². The van der Waals surface area contributed by atoms with Crippen LogP contribution in [0.15, 0.2) is 66.3 Å². The Morgan fingerprint density at radius 1 is 1.12 bits per heavy atom. The van der Waals surface area contributed by atoms with Crippen molar-refractivity contribution < 1.29 is 4.79 Å². The van der Waals surface area contributed by atoms with Crippen molar-refractivity contribution in [3.05, 3.63) is 82.3 Å². The number of rotatable bonds is 6. The SMILES string of the molecule is O=C(NCCc1cccs1)c1cnc2c(cnn2Cc2ccccc2)c1. The van der Waals surface area contributed by atoms with Gasteiger partial charge in [0, 0.05) is 23.0 Å². The molecule has 6 heteroatoms. The number of carbonyl (C=O) groups excluding carboxylic acids is 1. The molecule has 0 saturated carbocycles. The lowest BCUT2D eigenvalue weighted by Crippen LogP contribution is -2.25. The molecule has 1 aromatic carbocycles. The number of hydrogen-bond acceptors (Lipinski definition) is 4. The van der Waals surface area contributed by atoms with Gasteiger partial charge in [0.15, 0.2) is 5.65 Å². The molecule has 5 nitrogen and oxygen atoms in total. The van der Waals surface area contributed by atoms with Crippen molar-refractivity contribution in [3.63, 3.8) is 0 Å². The van der Waals surface area contributed by atoms with Gasteiger partial charge in [-0.3, -0.25) is 4.79 Å². The third-order valence-electron chi connectivity index (χ3n) is 4.15. The molecule has 0 radical (unpaired) electrons. The zero-order valence-electron chi connectivity index (χ0n) is 14.1. The lowest BCUT2D eigenvalue weighted by Gasteiger charge is -2.05.